The van der Waals surface area contributed by atoms with Crippen molar-refractivity contribution in [1.82, 2.24) is 0 Å². The molecule has 0 saturated carbocycles. The van der Waals surface area contributed by atoms with Gasteiger partial charge in [0.25, 0.3) is 0 Å². The summed E-state index contributed by atoms with van der Waals surface area (Å²) in [5.74, 6) is 1.65. The average Bonchev–Trinajstić information content (AvgIpc) is 2.33. The van der Waals surface area contributed by atoms with Crippen molar-refractivity contribution in [1.29, 1.82) is 0 Å². The van der Waals surface area contributed by atoms with E-state index in [0.29, 0.717) is 6.71 Å². The van der Waals surface area contributed by atoms with Gasteiger partial charge >= 0.3 is 0 Å². The van der Waals surface area contributed by atoms with Crippen molar-refractivity contribution in [2.75, 3.05) is 5.73 Å². The van der Waals surface area contributed by atoms with Crippen LogP contribution in [0.3, 0.4) is 0 Å². The van der Waals surface area contributed by atoms with Gasteiger partial charge in [-0.05, 0) is 36.4 Å². The first-order chi connectivity index (χ1) is 8.15. The number of ether oxygens (including phenoxy) is 1. The third-order valence-corrected chi connectivity index (χ3v) is 2.66. The molecule has 0 saturated heterocycles. The van der Waals surface area contributed by atoms with Crippen LogP contribution in [0.2, 0.25) is 13.6 Å². The largest absolute Gasteiger partial charge is 0.457 e. The van der Waals surface area contributed by atoms with E-state index in [2.05, 4.69) is 25.8 Å². The topological polar surface area (TPSA) is 35.2 Å². The molecule has 0 aliphatic rings. The van der Waals surface area contributed by atoms with Crippen LogP contribution in [0.15, 0.2) is 48.5 Å². The summed E-state index contributed by atoms with van der Waals surface area (Å²) in [5, 5.41) is 0. The molecule has 3 heteroatoms. The zero-order valence-electron chi connectivity index (χ0n) is 10.2. The van der Waals surface area contributed by atoms with Crippen LogP contribution in [0.5, 0.6) is 11.5 Å². The Morgan fingerprint density at radius 2 is 1.29 bits per heavy atom. The second-order valence-electron chi connectivity index (χ2n) is 4.39. The molecule has 0 atom stereocenters. The Morgan fingerprint density at radius 3 is 1.76 bits per heavy atom. The monoisotopic (exact) mass is 225 g/mol. The molecule has 0 amide bonds. The molecule has 0 aromatic heterocycles. The highest BCUT2D eigenvalue weighted by Crippen LogP contribution is 2.21. The summed E-state index contributed by atoms with van der Waals surface area (Å²) < 4.78 is 5.71. The Hall–Kier alpha value is -1.90. The van der Waals surface area contributed by atoms with Gasteiger partial charge in [-0.15, -0.1) is 0 Å². The predicted octanol–water partition coefficient (Wildman–Crippen LogP) is 3.02. The van der Waals surface area contributed by atoms with Gasteiger partial charge in [0.2, 0.25) is 0 Å². The number of benzene rings is 2. The summed E-state index contributed by atoms with van der Waals surface area (Å²) in [6.07, 6.45) is 0. The molecule has 2 N–H and O–H groups in total. The van der Waals surface area contributed by atoms with Crippen LogP contribution in [-0.4, -0.2) is 6.71 Å². The van der Waals surface area contributed by atoms with Crippen LogP contribution in [-0.2, 0) is 0 Å². The Bertz CT molecular complexity index is 477. The number of anilines is 1. The lowest BCUT2D eigenvalue weighted by atomic mass is 9.49. The molecule has 0 heterocycles. The Kier molecular flexibility index (Phi) is 3.38. The number of rotatable bonds is 3. The standard InChI is InChI=1S/C14H16BNO/c1-15(2)11-3-7-13(8-4-11)17-14-9-5-12(16)6-10-14/h3-10H,16H2,1-2H3. The molecular weight excluding hydrogens is 209 g/mol. The molecule has 2 nitrogen and oxygen atoms in total. The van der Waals surface area contributed by atoms with Crippen molar-refractivity contribution < 1.29 is 4.74 Å². The molecular formula is C14H16BNO. The van der Waals surface area contributed by atoms with Gasteiger partial charge in [-0.2, -0.15) is 0 Å². The number of hydrogen-bond acceptors (Lipinski definition) is 2. The van der Waals surface area contributed by atoms with E-state index in [0.717, 1.165) is 17.2 Å². The number of nitrogens with two attached hydrogens (primary N) is 1. The summed E-state index contributed by atoms with van der Waals surface area (Å²) in [7, 11) is 0. The summed E-state index contributed by atoms with van der Waals surface area (Å²) in [6.45, 7) is 4.90. The normalized spacial score (nSPS) is 10.0. The number of hydrogen-bond donors (Lipinski definition) is 1. The molecule has 0 spiro atoms. The van der Waals surface area contributed by atoms with Crippen LogP contribution in [0.4, 0.5) is 5.69 Å². The summed E-state index contributed by atoms with van der Waals surface area (Å²) >= 11 is 0. The Morgan fingerprint density at radius 1 is 0.824 bits per heavy atom. The van der Waals surface area contributed by atoms with Crippen molar-refractivity contribution in [2.45, 2.75) is 13.6 Å². The van der Waals surface area contributed by atoms with Crippen LogP contribution in [0.1, 0.15) is 0 Å². The van der Waals surface area contributed by atoms with Crippen molar-refractivity contribution in [2.24, 2.45) is 0 Å². The van der Waals surface area contributed by atoms with E-state index in [1.54, 1.807) is 0 Å². The lowest BCUT2D eigenvalue weighted by molar-refractivity contribution is 0.483. The fourth-order valence-electron chi connectivity index (χ4n) is 1.59. The van der Waals surface area contributed by atoms with E-state index >= 15 is 0 Å². The quantitative estimate of drug-likeness (QED) is 0.643. The van der Waals surface area contributed by atoms with E-state index in [1.807, 2.05) is 36.4 Å². The van der Waals surface area contributed by atoms with Crippen LogP contribution >= 0.6 is 0 Å². The van der Waals surface area contributed by atoms with Gasteiger partial charge < -0.3 is 10.5 Å². The lowest BCUT2D eigenvalue weighted by Gasteiger charge is -2.07. The third-order valence-electron chi connectivity index (χ3n) is 2.66. The Balaban J connectivity index is 2.11. The van der Waals surface area contributed by atoms with Gasteiger partial charge in [-0.3, -0.25) is 0 Å². The van der Waals surface area contributed by atoms with Crippen molar-refractivity contribution in [3.63, 3.8) is 0 Å². The fraction of sp³-hybridized carbons (Fsp3) is 0.143. The first-order valence-corrected chi connectivity index (χ1v) is 5.78. The van der Waals surface area contributed by atoms with Gasteiger partial charge in [0.05, 0.1) is 0 Å². The molecule has 0 aliphatic carbocycles. The molecule has 2 rings (SSSR count). The summed E-state index contributed by atoms with van der Waals surface area (Å²) in [4.78, 5) is 0. The zero-order chi connectivity index (χ0) is 12.3. The van der Waals surface area contributed by atoms with Gasteiger partial charge in [0.15, 0.2) is 6.71 Å². The van der Waals surface area contributed by atoms with Gasteiger partial charge in [-0.25, -0.2) is 0 Å². The minimum absolute atomic E-state index is 0.542. The molecule has 0 bridgehead atoms. The molecule has 86 valence electrons. The minimum atomic E-state index is 0.542. The average molecular weight is 225 g/mol. The first kappa shape index (κ1) is 11.6. The predicted molar refractivity (Wildman–Crippen MR) is 74.5 cm³/mol. The Labute approximate surface area is 102 Å². The maximum atomic E-state index is 5.71. The second-order valence-corrected chi connectivity index (χ2v) is 4.39. The number of nitrogen functional groups attached to an aromatic ring is 1. The molecule has 0 radical (unpaired) electrons. The molecule has 2 aromatic carbocycles. The molecule has 2 aromatic rings. The van der Waals surface area contributed by atoms with E-state index in [4.69, 9.17) is 10.5 Å². The van der Waals surface area contributed by atoms with Gasteiger partial charge in [0, 0.05) is 5.69 Å². The molecule has 0 fully saturated rings. The van der Waals surface area contributed by atoms with Crippen molar-refractivity contribution in [3.8, 4) is 11.5 Å². The van der Waals surface area contributed by atoms with Crippen molar-refractivity contribution in [3.05, 3.63) is 48.5 Å². The maximum Gasteiger partial charge on any atom is 0.169 e. The molecule has 0 unspecified atom stereocenters. The maximum absolute atomic E-state index is 5.71. The highest BCUT2D eigenvalue weighted by molar-refractivity contribution is 6.70. The molecule has 17 heavy (non-hydrogen) atoms. The third kappa shape index (κ3) is 3.03. The fourth-order valence-corrected chi connectivity index (χ4v) is 1.59. The van der Waals surface area contributed by atoms with Gasteiger partial charge in [-0.1, -0.05) is 31.2 Å². The minimum Gasteiger partial charge on any atom is -0.457 e. The first-order valence-electron chi connectivity index (χ1n) is 5.78. The van der Waals surface area contributed by atoms with Crippen LogP contribution in [0.25, 0.3) is 0 Å². The highest BCUT2D eigenvalue weighted by Gasteiger charge is 2.03. The van der Waals surface area contributed by atoms with E-state index in [9.17, 15) is 0 Å². The van der Waals surface area contributed by atoms with Crippen LogP contribution < -0.4 is 15.9 Å². The second kappa shape index (κ2) is 4.96. The summed E-state index contributed by atoms with van der Waals surface area (Å²) in [6, 6.07) is 15.6. The molecule has 0 aliphatic heterocycles. The zero-order valence-corrected chi connectivity index (χ0v) is 10.2. The van der Waals surface area contributed by atoms with E-state index in [1.165, 1.54) is 5.46 Å². The van der Waals surface area contributed by atoms with Crippen molar-refractivity contribution >= 4 is 17.9 Å². The highest BCUT2D eigenvalue weighted by atomic mass is 16.5. The smallest absolute Gasteiger partial charge is 0.169 e. The van der Waals surface area contributed by atoms with E-state index < -0.39 is 0 Å². The SMILES string of the molecule is CB(C)c1ccc(Oc2ccc(N)cc2)cc1. The van der Waals surface area contributed by atoms with E-state index in [-0.39, 0.29) is 0 Å². The van der Waals surface area contributed by atoms with Crippen LogP contribution in [0, 0.1) is 0 Å². The lowest BCUT2D eigenvalue weighted by Crippen LogP contribution is -2.21. The van der Waals surface area contributed by atoms with Gasteiger partial charge in [0.1, 0.15) is 11.5 Å². The summed E-state index contributed by atoms with van der Waals surface area (Å²) in [5.41, 5.74) is 7.68.